The maximum absolute atomic E-state index is 12.0. The Bertz CT molecular complexity index is 682. The van der Waals surface area contributed by atoms with Crippen molar-refractivity contribution >= 4 is 19.2 Å². The lowest BCUT2D eigenvalue weighted by Gasteiger charge is -2.12. The number of aryl methyl sites for hydroxylation is 1. The Kier molecular flexibility index (Phi) is 5.50. The zero-order valence-electron chi connectivity index (χ0n) is 12.0. The van der Waals surface area contributed by atoms with E-state index in [4.69, 9.17) is 9.79 Å². The smallest absolute Gasteiger partial charge is 0.326 e. The van der Waals surface area contributed by atoms with Gasteiger partial charge in [-0.15, -0.1) is 0 Å². The van der Waals surface area contributed by atoms with E-state index in [1.807, 2.05) is 30.3 Å². The van der Waals surface area contributed by atoms with Crippen LogP contribution in [-0.2, 0) is 21.9 Å². The zero-order chi connectivity index (χ0) is 16.0. The molecule has 2 rings (SSSR count). The molecule has 0 spiro atoms. The highest BCUT2D eigenvalue weighted by molar-refractivity contribution is 7.50. The fraction of sp³-hybridized carbons (Fsp3) is 0.188. The highest BCUT2D eigenvalue weighted by atomic mass is 31.2. The van der Waals surface area contributed by atoms with Gasteiger partial charge in [-0.05, 0) is 23.6 Å². The Morgan fingerprint density at radius 1 is 1.00 bits per heavy atom. The average molecular weight is 319 g/mol. The van der Waals surface area contributed by atoms with E-state index in [2.05, 4.69) is 5.32 Å². The fourth-order valence-corrected chi connectivity index (χ4v) is 2.84. The summed E-state index contributed by atoms with van der Waals surface area (Å²) in [6.45, 7) is 0. The van der Waals surface area contributed by atoms with Crippen molar-refractivity contribution in [3.8, 4) is 0 Å². The van der Waals surface area contributed by atoms with Crippen molar-refractivity contribution in [2.45, 2.75) is 19.0 Å². The van der Waals surface area contributed by atoms with Crippen molar-refractivity contribution in [3.05, 3.63) is 65.7 Å². The van der Waals surface area contributed by atoms with Crippen LogP contribution in [0.1, 0.15) is 17.5 Å². The molecule has 116 valence electrons. The van der Waals surface area contributed by atoms with Gasteiger partial charge in [-0.3, -0.25) is 9.36 Å². The number of carbonyl (C=O) groups excluding carboxylic acids is 1. The number of rotatable bonds is 6. The Balaban J connectivity index is 1.98. The van der Waals surface area contributed by atoms with Crippen molar-refractivity contribution in [1.29, 1.82) is 0 Å². The lowest BCUT2D eigenvalue weighted by Crippen LogP contribution is -2.13. The SMILES string of the molecule is O=C(CCc1ccccc1)Nc1ccccc1CP(=O)(O)O. The topological polar surface area (TPSA) is 86.6 Å². The molecule has 2 aromatic rings. The molecular weight excluding hydrogens is 301 g/mol. The molecule has 0 aromatic heterocycles. The van der Waals surface area contributed by atoms with Gasteiger partial charge in [0.05, 0.1) is 6.16 Å². The molecule has 22 heavy (non-hydrogen) atoms. The Morgan fingerprint density at radius 2 is 1.64 bits per heavy atom. The number of anilines is 1. The van der Waals surface area contributed by atoms with Gasteiger partial charge in [0, 0.05) is 12.1 Å². The highest BCUT2D eigenvalue weighted by Crippen LogP contribution is 2.40. The molecule has 0 fully saturated rings. The third-order valence-corrected chi connectivity index (χ3v) is 3.90. The van der Waals surface area contributed by atoms with Gasteiger partial charge in [0.15, 0.2) is 0 Å². The zero-order valence-corrected chi connectivity index (χ0v) is 12.9. The Morgan fingerprint density at radius 3 is 2.32 bits per heavy atom. The number of nitrogens with one attached hydrogen (secondary N) is 1. The third kappa shape index (κ3) is 5.45. The van der Waals surface area contributed by atoms with Gasteiger partial charge in [0.1, 0.15) is 0 Å². The molecular formula is C16H18NO4P. The standard InChI is InChI=1S/C16H18NO4P/c18-16(11-10-13-6-2-1-3-7-13)17-15-9-5-4-8-14(15)12-22(19,20)21/h1-9H,10-12H2,(H,17,18)(H2,19,20,21). The Hall–Kier alpha value is -1.94. The van der Waals surface area contributed by atoms with E-state index in [1.165, 1.54) is 0 Å². The van der Waals surface area contributed by atoms with Gasteiger partial charge < -0.3 is 15.1 Å². The summed E-state index contributed by atoms with van der Waals surface area (Å²) >= 11 is 0. The van der Waals surface area contributed by atoms with Crippen LogP contribution in [0.2, 0.25) is 0 Å². The molecule has 0 atom stereocenters. The fourth-order valence-electron chi connectivity index (χ4n) is 2.12. The molecule has 0 aliphatic heterocycles. The van der Waals surface area contributed by atoms with E-state index in [0.717, 1.165) is 5.56 Å². The van der Waals surface area contributed by atoms with Crippen LogP contribution in [0.4, 0.5) is 5.69 Å². The van der Waals surface area contributed by atoms with Crippen molar-refractivity contribution in [2.24, 2.45) is 0 Å². The average Bonchev–Trinajstić information content (AvgIpc) is 2.47. The minimum absolute atomic E-state index is 0.179. The highest BCUT2D eigenvalue weighted by Gasteiger charge is 2.17. The second kappa shape index (κ2) is 7.36. The molecule has 5 nitrogen and oxygen atoms in total. The van der Waals surface area contributed by atoms with Gasteiger partial charge in [-0.25, -0.2) is 0 Å². The first-order chi connectivity index (χ1) is 10.4. The molecule has 3 N–H and O–H groups in total. The minimum Gasteiger partial charge on any atom is -0.326 e. The van der Waals surface area contributed by atoms with E-state index in [0.29, 0.717) is 24.1 Å². The molecule has 0 saturated carbocycles. The summed E-state index contributed by atoms with van der Waals surface area (Å²) in [4.78, 5) is 30.2. The molecule has 0 aliphatic rings. The first-order valence-electron chi connectivity index (χ1n) is 6.90. The van der Waals surface area contributed by atoms with E-state index in [9.17, 15) is 9.36 Å². The minimum atomic E-state index is -4.17. The summed E-state index contributed by atoms with van der Waals surface area (Å²) in [5.41, 5.74) is 1.95. The van der Waals surface area contributed by atoms with Crippen LogP contribution >= 0.6 is 7.60 Å². The molecule has 0 saturated heterocycles. The van der Waals surface area contributed by atoms with Gasteiger partial charge in [-0.1, -0.05) is 48.5 Å². The summed E-state index contributed by atoms with van der Waals surface area (Å²) < 4.78 is 11.1. The number of amides is 1. The number of carbonyl (C=O) groups is 1. The van der Waals surface area contributed by atoms with E-state index in [-0.39, 0.29) is 12.1 Å². The van der Waals surface area contributed by atoms with Crippen molar-refractivity contribution in [2.75, 3.05) is 5.32 Å². The molecule has 0 aliphatic carbocycles. The van der Waals surface area contributed by atoms with Gasteiger partial charge >= 0.3 is 7.60 Å². The van der Waals surface area contributed by atoms with Crippen molar-refractivity contribution < 1.29 is 19.1 Å². The summed E-state index contributed by atoms with van der Waals surface area (Å²) in [5, 5.41) is 2.72. The van der Waals surface area contributed by atoms with Crippen LogP contribution in [0.15, 0.2) is 54.6 Å². The van der Waals surface area contributed by atoms with E-state index < -0.39 is 7.60 Å². The number of benzene rings is 2. The maximum atomic E-state index is 12.0. The predicted molar refractivity (Wildman–Crippen MR) is 85.6 cm³/mol. The quantitative estimate of drug-likeness (QED) is 0.715. The lowest BCUT2D eigenvalue weighted by atomic mass is 10.1. The predicted octanol–water partition coefficient (Wildman–Crippen LogP) is 2.94. The summed E-state index contributed by atoms with van der Waals surface area (Å²) in [5.74, 6) is -0.179. The first-order valence-corrected chi connectivity index (χ1v) is 8.70. The van der Waals surface area contributed by atoms with Gasteiger partial charge in [0.25, 0.3) is 0 Å². The van der Waals surface area contributed by atoms with Crippen LogP contribution in [0.25, 0.3) is 0 Å². The molecule has 0 unspecified atom stereocenters. The van der Waals surface area contributed by atoms with Gasteiger partial charge in [0.2, 0.25) is 5.91 Å². The van der Waals surface area contributed by atoms with E-state index >= 15 is 0 Å². The molecule has 0 heterocycles. The second-order valence-electron chi connectivity index (χ2n) is 5.01. The van der Waals surface area contributed by atoms with Crippen LogP contribution in [0.3, 0.4) is 0 Å². The van der Waals surface area contributed by atoms with Crippen LogP contribution < -0.4 is 5.32 Å². The largest absolute Gasteiger partial charge is 0.329 e. The second-order valence-corrected chi connectivity index (χ2v) is 6.66. The summed E-state index contributed by atoms with van der Waals surface area (Å²) in [7, 11) is -4.17. The number of hydrogen-bond acceptors (Lipinski definition) is 2. The first kappa shape index (κ1) is 16.4. The molecule has 0 bridgehead atoms. The molecule has 6 heteroatoms. The normalized spacial score (nSPS) is 11.2. The summed E-state index contributed by atoms with van der Waals surface area (Å²) in [6.07, 6.45) is 0.545. The third-order valence-electron chi connectivity index (χ3n) is 3.15. The maximum Gasteiger partial charge on any atom is 0.329 e. The monoisotopic (exact) mass is 319 g/mol. The molecule has 0 radical (unpaired) electrons. The Labute approximate surface area is 129 Å². The van der Waals surface area contributed by atoms with Crippen LogP contribution in [-0.4, -0.2) is 15.7 Å². The van der Waals surface area contributed by atoms with Gasteiger partial charge in [-0.2, -0.15) is 0 Å². The lowest BCUT2D eigenvalue weighted by molar-refractivity contribution is -0.116. The summed E-state index contributed by atoms with van der Waals surface area (Å²) in [6, 6.07) is 16.3. The van der Waals surface area contributed by atoms with E-state index in [1.54, 1.807) is 24.3 Å². The molecule has 2 aromatic carbocycles. The van der Waals surface area contributed by atoms with Crippen molar-refractivity contribution in [3.63, 3.8) is 0 Å². The number of hydrogen-bond donors (Lipinski definition) is 3. The number of para-hydroxylation sites is 1. The van der Waals surface area contributed by atoms with Crippen LogP contribution in [0.5, 0.6) is 0 Å². The van der Waals surface area contributed by atoms with Crippen molar-refractivity contribution in [1.82, 2.24) is 0 Å². The van der Waals surface area contributed by atoms with Crippen LogP contribution in [0, 0.1) is 0 Å². The molecule has 1 amide bonds.